The summed E-state index contributed by atoms with van der Waals surface area (Å²) in [6, 6.07) is 8.73. The van der Waals surface area contributed by atoms with Crippen molar-refractivity contribution in [3.63, 3.8) is 0 Å². The summed E-state index contributed by atoms with van der Waals surface area (Å²) in [4.78, 5) is 34.0. The number of aromatic nitrogens is 2. The van der Waals surface area contributed by atoms with E-state index in [1.807, 2.05) is 6.92 Å². The van der Waals surface area contributed by atoms with Crippen LogP contribution in [-0.2, 0) is 21.4 Å². The van der Waals surface area contributed by atoms with E-state index < -0.39 is 10.0 Å². The molecule has 4 N–H and O–H groups in total. The van der Waals surface area contributed by atoms with E-state index in [4.69, 9.17) is 14.6 Å². The maximum absolute atomic E-state index is 12.6. The van der Waals surface area contributed by atoms with Gasteiger partial charge in [0.1, 0.15) is 5.82 Å². The lowest BCUT2D eigenvalue weighted by Gasteiger charge is -2.19. The van der Waals surface area contributed by atoms with E-state index in [2.05, 4.69) is 15.3 Å². The Labute approximate surface area is 190 Å². The zero-order valence-corrected chi connectivity index (χ0v) is 19.2. The smallest absolute Gasteiger partial charge is 0.258 e. The van der Waals surface area contributed by atoms with Crippen LogP contribution in [0.5, 0.6) is 11.5 Å². The molecule has 0 aliphatic heterocycles. The van der Waals surface area contributed by atoms with Gasteiger partial charge in [0.05, 0.1) is 43.1 Å². The van der Waals surface area contributed by atoms with Crippen LogP contribution in [0.25, 0.3) is 10.9 Å². The highest BCUT2D eigenvalue weighted by atomic mass is 32.2. The molecule has 0 saturated heterocycles. The second-order valence-corrected chi connectivity index (χ2v) is 8.72. The molecule has 176 valence electrons. The number of carbonyl (C=O) groups is 1. The fourth-order valence-corrected chi connectivity index (χ4v) is 3.73. The summed E-state index contributed by atoms with van der Waals surface area (Å²) in [5.41, 5.74) is 0.551. The number of H-pyrrole nitrogens is 1. The maximum Gasteiger partial charge on any atom is 0.258 e. The largest absolute Gasteiger partial charge is 0.493 e. The molecule has 33 heavy (non-hydrogen) atoms. The van der Waals surface area contributed by atoms with Crippen LogP contribution in [0.1, 0.15) is 12.7 Å². The molecule has 0 atom stereocenters. The second-order valence-electron chi connectivity index (χ2n) is 7.16. The standard InChI is InChI=1S/C21H25N5O6S/c1-4-26(12-20(27)23-13-5-7-14(8-6-13)33(22,29)30)11-19-24-16-10-18(32-3)17(31-2)9-15(16)21(28)25-19/h5-10H,4,11-12H2,1-3H3,(H,23,27)(H2,22,29,30)(H,24,25,28). The summed E-state index contributed by atoms with van der Waals surface area (Å²) in [6.45, 7) is 2.65. The molecule has 2 aromatic carbocycles. The summed E-state index contributed by atoms with van der Waals surface area (Å²) in [7, 11) is -0.823. The van der Waals surface area contributed by atoms with Gasteiger partial charge < -0.3 is 19.8 Å². The number of fused-ring (bicyclic) bond motifs is 1. The van der Waals surface area contributed by atoms with Crippen molar-refractivity contribution in [2.45, 2.75) is 18.4 Å². The Kier molecular flexibility index (Phi) is 7.31. The first-order valence-electron chi connectivity index (χ1n) is 9.94. The number of hydrogen-bond acceptors (Lipinski definition) is 8. The normalized spacial score (nSPS) is 11.5. The minimum absolute atomic E-state index is 0.0289. The van der Waals surface area contributed by atoms with Crippen molar-refractivity contribution in [1.82, 2.24) is 14.9 Å². The summed E-state index contributed by atoms with van der Waals surface area (Å²) < 4.78 is 33.2. The van der Waals surface area contributed by atoms with Gasteiger partial charge in [-0.1, -0.05) is 6.92 Å². The monoisotopic (exact) mass is 475 g/mol. The SMILES string of the molecule is CCN(CC(=O)Nc1ccc(S(N)(=O)=O)cc1)Cc1nc2cc(OC)c(OC)cc2c(=O)[nH]1. The molecule has 0 radical (unpaired) electrons. The summed E-state index contributed by atoms with van der Waals surface area (Å²) in [5.74, 6) is 0.963. The van der Waals surface area contributed by atoms with Gasteiger partial charge in [-0.2, -0.15) is 0 Å². The number of amides is 1. The van der Waals surface area contributed by atoms with E-state index in [0.29, 0.717) is 40.5 Å². The molecule has 1 amide bonds. The van der Waals surface area contributed by atoms with Gasteiger partial charge in [0.15, 0.2) is 11.5 Å². The summed E-state index contributed by atoms with van der Waals surface area (Å²) >= 11 is 0. The molecule has 1 heterocycles. The number of nitrogens with zero attached hydrogens (tertiary/aromatic N) is 2. The zero-order valence-electron chi connectivity index (χ0n) is 18.4. The maximum atomic E-state index is 12.6. The molecule has 11 nitrogen and oxygen atoms in total. The van der Waals surface area contributed by atoms with Crippen LogP contribution in [0.3, 0.4) is 0 Å². The number of aromatic amines is 1. The lowest BCUT2D eigenvalue weighted by molar-refractivity contribution is -0.117. The van der Waals surface area contributed by atoms with Gasteiger partial charge in [0.25, 0.3) is 5.56 Å². The van der Waals surface area contributed by atoms with Crippen molar-refractivity contribution in [1.29, 1.82) is 0 Å². The first kappa shape index (κ1) is 24.2. The van der Waals surface area contributed by atoms with Gasteiger partial charge in [0, 0.05) is 11.8 Å². The summed E-state index contributed by atoms with van der Waals surface area (Å²) in [6.07, 6.45) is 0. The topological polar surface area (TPSA) is 157 Å². The molecular formula is C21H25N5O6S. The average molecular weight is 476 g/mol. The Morgan fingerprint density at radius 3 is 2.36 bits per heavy atom. The Morgan fingerprint density at radius 2 is 1.79 bits per heavy atom. The van der Waals surface area contributed by atoms with Crippen LogP contribution in [0.15, 0.2) is 46.1 Å². The number of nitrogens with one attached hydrogen (secondary N) is 2. The van der Waals surface area contributed by atoms with Gasteiger partial charge >= 0.3 is 0 Å². The highest BCUT2D eigenvalue weighted by molar-refractivity contribution is 7.89. The molecule has 0 unspecified atom stereocenters. The first-order chi connectivity index (χ1) is 15.6. The van der Waals surface area contributed by atoms with Gasteiger partial charge in [-0.05, 0) is 36.9 Å². The molecule has 0 bridgehead atoms. The molecule has 0 spiro atoms. The van der Waals surface area contributed by atoms with Crippen molar-refractivity contribution in [2.75, 3.05) is 32.6 Å². The highest BCUT2D eigenvalue weighted by Crippen LogP contribution is 2.29. The molecule has 0 aliphatic rings. The third kappa shape index (κ3) is 5.86. The van der Waals surface area contributed by atoms with Gasteiger partial charge in [-0.3, -0.25) is 14.5 Å². The van der Waals surface area contributed by atoms with E-state index in [1.54, 1.807) is 17.0 Å². The lowest BCUT2D eigenvalue weighted by Crippen LogP contribution is -2.33. The molecule has 12 heteroatoms. The third-order valence-electron chi connectivity index (χ3n) is 4.91. The second kappa shape index (κ2) is 9.98. The van der Waals surface area contributed by atoms with Gasteiger partial charge in [-0.25, -0.2) is 18.5 Å². The van der Waals surface area contributed by atoms with E-state index in [0.717, 1.165) is 0 Å². The minimum atomic E-state index is -3.81. The molecule has 3 aromatic rings. The highest BCUT2D eigenvalue weighted by Gasteiger charge is 2.15. The number of rotatable bonds is 9. The van der Waals surface area contributed by atoms with Crippen molar-refractivity contribution in [3.05, 3.63) is 52.6 Å². The average Bonchev–Trinajstić information content (AvgIpc) is 2.77. The van der Waals surface area contributed by atoms with E-state index in [9.17, 15) is 18.0 Å². The Bertz CT molecular complexity index is 1320. The third-order valence-corrected chi connectivity index (χ3v) is 5.84. The number of ether oxygens (including phenoxy) is 2. The molecule has 0 aliphatic carbocycles. The Morgan fingerprint density at radius 1 is 1.15 bits per heavy atom. The Balaban J connectivity index is 1.73. The van der Waals surface area contributed by atoms with Crippen molar-refractivity contribution in [3.8, 4) is 11.5 Å². The summed E-state index contributed by atoms with van der Waals surface area (Å²) in [5, 5.41) is 8.14. The predicted molar refractivity (Wildman–Crippen MR) is 123 cm³/mol. The van der Waals surface area contributed by atoms with Crippen LogP contribution in [0.4, 0.5) is 5.69 Å². The van der Waals surface area contributed by atoms with Crippen LogP contribution < -0.4 is 25.5 Å². The number of likely N-dealkylation sites (N-methyl/N-ethyl adjacent to an activating group) is 1. The zero-order chi connectivity index (χ0) is 24.2. The van der Waals surface area contributed by atoms with Crippen LogP contribution in [0.2, 0.25) is 0 Å². The van der Waals surface area contributed by atoms with Crippen molar-refractivity contribution >= 4 is 32.5 Å². The quantitative estimate of drug-likeness (QED) is 0.414. The number of benzene rings is 2. The molecular weight excluding hydrogens is 450 g/mol. The molecule has 3 rings (SSSR count). The van der Waals surface area contributed by atoms with Crippen molar-refractivity contribution in [2.24, 2.45) is 5.14 Å². The number of nitrogens with two attached hydrogens (primary N) is 1. The van der Waals surface area contributed by atoms with E-state index >= 15 is 0 Å². The molecule has 0 fully saturated rings. The number of carbonyl (C=O) groups excluding carboxylic acids is 1. The fraction of sp³-hybridized carbons (Fsp3) is 0.286. The van der Waals surface area contributed by atoms with E-state index in [1.165, 1.54) is 38.5 Å². The fourth-order valence-electron chi connectivity index (χ4n) is 3.21. The minimum Gasteiger partial charge on any atom is -0.493 e. The molecule has 0 saturated carbocycles. The van der Waals surface area contributed by atoms with Crippen LogP contribution in [0, 0.1) is 0 Å². The lowest BCUT2D eigenvalue weighted by atomic mass is 10.2. The van der Waals surface area contributed by atoms with Gasteiger partial charge in [0.2, 0.25) is 15.9 Å². The predicted octanol–water partition coefficient (Wildman–Crippen LogP) is 1.05. The number of sulfonamides is 1. The Hall–Kier alpha value is -3.48. The number of hydrogen-bond donors (Lipinski definition) is 3. The van der Waals surface area contributed by atoms with E-state index in [-0.39, 0.29) is 29.5 Å². The molecule has 1 aromatic heterocycles. The number of methoxy groups -OCH3 is 2. The number of anilines is 1. The van der Waals surface area contributed by atoms with Crippen molar-refractivity contribution < 1.29 is 22.7 Å². The van der Waals surface area contributed by atoms with Crippen LogP contribution in [-0.4, -0.2) is 56.5 Å². The van der Waals surface area contributed by atoms with Gasteiger partial charge in [-0.15, -0.1) is 0 Å². The van der Waals surface area contributed by atoms with Crippen LogP contribution >= 0.6 is 0 Å². The number of primary sulfonamides is 1. The first-order valence-corrected chi connectivity index (χ1v) is 11.5.